The van der Waals surface area contributed by atoms with Gasteiger partial charge in [-0.05, 0) is 37.1 Å². The van der Waals surface area contributed by atoms with Crippen LogP contribution in [0.15, 0.2) is 29.2 Å². The average Bonchev–Trinajstić information content (AvgIpc) is 2.81. The van der Waals surface area contributed by atoms with Crippen molar-refractivity contribution < 1.29 is 22.9 Å². The van der Waals surface area contributed by atoms with Gasteiger partial charge < -0.3 is 10.1 Å². The molecule has 2 heterocycles. The molecule has 1 aromatic carbocycles. The van der Waals surface area contributed by atoms with Crippen molar-refractivity contribution in [2.45, 2.75) is 24.3 Å². The van der Waals surface area contributed by atoms with Crippen LogP contribution in [-0.2, 0) is 27.7 Å². The number of sulfonamides is 1. The van der Waals surface area contributed by atoms with Gasteiger partial charge in [-0.25, -0.2) is 13.2 Å². The van der Waals surface area contributed by atoms with Gasteiger partial charge in [-0.1, -0.05) is 0 Å². The highest BCUT2D eigenvalue weighted by Gasteiger charge is 2.28. The number of nitrogens with one attached hydrogen (secondary N) is 2. The van der Waals surface area contributed by atoms with Crippen molar-refractivity contribution in [2.75, 3.05) is 18.4 Å². The summed E-state index contributed by atoms with van der Waals surface area (Å²) in [6.07, 6.45) is 1.46. The highest BCUT2D eigenvalue weighted by atomic mass is 32.2. The molecule has 1 aromatic heterocycles. The van der Waals surface area contributed by atoms with Crippen LogP contribution in [0, 0.1) is 10.1 Å². The lowest BCUT2D eigenvalue weighted by atomic mass is 10.1. The van der Waals surface area contributed by atoms with E-state index in [1.807, 2.05) is 0 Å². The molecule has 0 aliphatic carbocycles. The first kappa shape index (κ1) is 19.3. The van der Waals surface area contributed by atoms with Gasteiger partial charge in [-0.3, -0.25) is 14.8 Å². The van der Waals surface area contributed by atoms with Gasteiger partial charge in [0.25, 0.3) is 15.7 Å². The summed E-state index contributed by atoms with van der Waals surface area (Å²) >= 11 is 1.19. The standard InChI is InChI=1S/C16H17N3O6S2/c1-25-16(20)14-12-3-2-8-17-9-13(12)26-15(14)18-27(23,24)11-6-4-10(5-7-11)19(21)22/h4-7,17-18H,2-3,8-9H2,1H3. The molecule has 144 valence electrons. The lowest BCUT2D eigenvalue weighted by Gasteiger charge is -2.09. The number of esters is 1. The van der Waals surface area contributed by atoms with Crippen LogP contribution in [0.2, 0.25) is 0 Å². The fraction of sp³-hybridized carbons (Fsp3) is 0.312. The molecule has 1 aliphatic rings. The molecule has 0 amide bonds. The molecule has 27 heavy (non-hydrogen) atoms. The zero-order chi connectivity index (χ0) is 19.6. The topological polar surface area (TPSA) is 128 Å². The number of anilines is 1. The Bertz CT molecular complexity index is 982. The minimum Gasteiger partial charge on any atom is -0.465 e. The third-order valence-electron chi connectivity index (χ3n) is 4.13. The maximum atomic E-state index is 12.7. The van der Waals surface area contributed by atoms with Crippen LogP contribution in [0.25, 0.3) is 0 Å². The van der Waals surface area contributed by atoms with E-state index in [4.69, 9.17) is 4.74 Å². The molecule has 0 atom stereocenters. The van der Waals surface area contributed by atoms with Crippen molar-refractivity contribution in [3.8, 4) is 0 Å². The number of fused-ring (bicyclic) bond motifs is 1. The van der Waals surface area contributed by atoms with Gasteiger partial charge in [0.2, 0.25) is 0 Å². The zero-order valence-corrected chi connectivity index (χ0v) is 16.0. The van der Waals surface area contributed by atoms with E-state index in [0.717, 1.165) is 47.7 Å². The number of carbonyl (C=O) groups excluding carboxylic acids is 1. The molecule has 0 saturated carbocycles. The molecule has 0 bridgehead atoms. The van der Waals surface area contributed by atoms with Crippen molar-refractivity contribution in [1.29, 1.82) is 0 Å². The van der Waals surface area contributed by atoms with Crippen molar-refractivity contribution >= 4 is 38.0 Å². The third-order valence-corrected chi connectivity index (χ3v) is 6.77. The van der Waals surface area contributed by atoms with Crippen LogP contribution < -0.4 is 10.0 Å². The molecule has 3 rings (SSSR count). The Labute approximate surface area is 159 Å². The summed E-state index contributed by atoms with van der Waals surface area (Å²) in [5.74, 6) is -0.601. The van der Waals surface area contributed by atoms with Crippen LogP contribution >= 0.6 is 11.3 Å². The van der Waals surface area contributed by atoms with Gasteiger partial charge >= 0.3 is 5.97 Å². The molecule has 0 spiro atoms. The SMILES string of the molecule is COC(=O)c1c(NS(=O)(=O)c2ccc([N+](=O)[O-])cc2)sc2c1CCCNC2. The van der Waals surface area contributed by atoms with Crippen molar-refractivity contribution in [1.82, 2.24) is 5.32 Å². The summed E-state index contributed by atoms with van der Waals surface area (Å²) in [5, 5.41) is 14.1. The maximum absolute atomic E-state index is 12.7. The summed E-state index contributed by atoms with van der Waals surface area (Å²) in [4.78, 5) is 23.1. The third kappa shape index (κ3) is 3.94. The number of thiophene rings is 1. The first-order valence-electron chi connectivity index (χ1n) is 8.04. The molecular formula is C16H17N3O6S2. The van der Waals surface area contributed by atoms with Crippen molar-refractivity contribution in [3.63, 3.8) is 0 Å². The van der Waals surface area contributed by atoms with Crippen LogP contribution in [0.5, 0.6) is 0 Å². The van der Waals surface area contributed by atoms with Crippen molar-refractivity contribution in [3.05, 3.63) is 50.4 Å². The number of benzene rings is 1. The van der Waals surface area contributed by atoms with E-state index in [9.17, 15) is 23.3 Å². The minimum atomic E-state index is -4.02. The predicted molar refractivity (Wildman–Crippen MR) is 99.6 cm³/mol. The number of carbonyl (C=O) groups is 1. The molecule has 0 fully saturated rings. The lowest BCUT2D eigenvalue weighted by Crippen LogP contribution is -2.15. The quantitative estimate of drug-likeness (QED) is 0.439. The Balaban J connectivity index is 1.98. The molecule has 0 unspecified atom stereocenters. The highest BCUT2D eigenvalue weighted by molar-refractivity contribution is 7.93. The Morgan fingerprint density at radius 2 is 2.04 bits per heavy atom. The Morgan fingerprint density at radius 1 is 1.33 bits per heavy atom. The molecule has 1 aliphatic heterocycles. The maximum Gasteiger partial charge on any atom is 0.341 e. The predicted octanol–water partition coefficient (Wildman–Crippen LogP) is 2.28. The largest absolute Gasteiger partial charge is 0.465 e. The Hall–Kier alpha value is -2.50. The molecule has 0 radical (unpaired) electrons. The fourth-order valence-electron chi connectivity index (χ4n) is 2.83. The van der Waals surface area contributed by atoms with Gasteiger partial charge in [-0.15, -0.1) is 11.3 Å². The number of nitro benzene ring substituents is 1. The highest BCUT2D eigenvalue weighted by Crippen LogP contribution is 2.37. The summed E-state index contributed by atoms with van der Waals surface area (Å²) < 4.78 is 32.6. The number of hydrogen-bond acceptors (Lipinski definition) is 8. The van der Waals surface area contributed by atoms with E-state index in [1.54, 1.807) is 0 Å². The van der Waals surface area contributed by atoms with Gasteiger partial charge in [0.15, 0.2) is 0 Å². The first-order chi connectivity index (χ1) is 12.8. The van der Waals surface area contributed by atoms with Gasteiger partial charge in [0.1, 0.15) is 5.00 Å². The monoisotopic (exact) mass is 411 g/mol. The second kappa shape index (κ2) is 7.62. The van der Waals surface area contributed by atoms with E-state index in [0.29, 0.717) is 13.0 Å². The summed E-state index contributed by atoms with van der Waals surface area (Å²) in [5.41, 5.74) is 0.808. The average molecular weight is 411 g/mol. The molecular weight excluding hydrogens is 394 g/mol. The molecule has 2 N–H and O–H groups in total. The van der Waals surface area contributed by atoms with Gasteiger partial charge in [-0.2, -0.15) is 0 Å². The molecule has 9 nitrogen and oxygen atoms in total. The summed E-state index contributed by atoms with van der Waals surface area (Å²) in [6, 6.07) is 4.53. The molecule has 0 saturated heterocycles. The first-order valence-corrected chi connectivity index (χ1v) is 10.3. The van der Waals surface area contributed by atoms with Crippen LogP contribution in [0.4, 0.5) is 10.7 Å². The second-order valence-electron chi connectivity index (χ2n) is 5.84. The van der Waals surface area contributed by atoms with E-state index < -0.39 is 20.9 Å². The number of ether oxygens (including phenoxy) is 1. The Morgan fingerprint density at radius 3 is 2.67 bits per heavy atom. The van der Waals surface area contributed by atoms with Crippen LogP contribution in [-0.4, -0.2) is 33.0 Å². The minimum absolute atomic E-state index is 0.134. The normalized spacial score (nSPS) is 14.1. The number of non-ortho nitro benzene ring substituents is 1. The number of rotatable bonds is 5. The van der Waals surface area contributed by atoms with Crippen molar-refractivity contribution in [2.24, 2.45) is 0 Å². The van der Waals surface area contributed by atoms with Gasteiger partial charge in [0, 0.05) is 23.6 Å². The number of methoxy groups -OCH3 is 1. The molecule has 11 heteroatoms. The van der Waals surface area contributed by atoms with E-state index >= 15 is 0 Å². The number of nitro groups is 1. The van der Waals surface area contributed by atoms with E-state index in [-0.39, 0.29) is 21.1 Å². The lowest BCUT2D eigenvalue weighted by molar-refractivity contribution is -0.384. The van der Waals surface area contributed by atoms with E-state index in [1.165, 1.54) is 18.4 Å². The van der Waals surface area contributed by atoms with Crippen LogP contribution in [0.1, 0.15) is 27.2 Å². The second-order valence-corrected chi connectivity index (χ2v) is 8.62. The molecule has 2 aromatic rings. The van der Waals surface area contributed by atoms with Gasteiger partial charge in [0.05, 0.1) is 22.5 Å². The van der Waals surface area contributed by atoms with E-state index in [2.05, 4.69) is 10.0 Å². The smallest absolute Gasteiger partial charge is 0.341 e. The summed E-state index contributed by atoms with van der Waals surface area (Å²) in [6.45, 7) is 1.36. The fourth-order valence-corrected chi connectivity index (χ4v) is 5.34. The summed E-state index contributed by atoms with van der Waals surface area (Å²) in [7, 11) is -2.77. The Kier molecular flexibility index (Phi) is 5.44. The van der Waals surface area contributed by atoms with Crippen LogP contribution in [0.3, 0.4) is 0 Å². The number of nitrogens with zero attached hydrogens (tertiary/aromatic N) is 1. The number of hydrogen-bond donors (Lipinski definition) is 2. The zero-order valence-electron chi connectivity index (χ0n) is 14.4.